The van der Waals surface area contributed by atoms with E-state index in [1.165, 1.54) is 0 Å². The summed E-state index contributed by atoms with van der Waals surface area (Å²) >= 11 is 6.10. The van der Waals surface area contributed by atoms with Crippen molar-refractivity contribution in [3.05, 3.63) is 69.5 Å². The summed E-state index contributed by atoms with van der Waals surface area (Å²) in [5.74, 6) is -0.165. The first kappa shape index (κ1) is 16.0. The summed E-state index contributed by atoms with van der Waals surface area (Å²) in [6, 6.07) is 11.4. The first-order chi connectivity index (χ1) is 10.0. The molecule has 0 aliphatic heterocycles. The molecule has 1 atom stereocenters. The second-order valence-electron chi connectivity index (χ2n) is 5.40. The van der Waals surface area contributed by atoms with E-state index in [0.717, 1.165) is 34.7 Å². The molecule has 2 aromatic carbocycles. The van der Waals surface area contributed by atoms with E-state index in [-0.39, 0.29) is 11.9 Å². The van der Waals surface area contributed by atoms with Gasteiger partial charge in [-0.15, -0.1) is 0 Å². The number of aryl methyl sites for hydroxylation is 2. The molecule has 0 aliphatic rings. The zero-order valence-electron chi connectivity index (χ0n) is 12.7. The molecule has 1 N–H and O–H groups in total. The summed E-state index contributed by atoms with van der Waals surface area (Å²) in [6.45, 7) is 6.76. The Bertz CT molecular complexity index is 573. The van der Waals surface area contributed by atoms with Gasteiger partial charge in [0.05, 0.1) is 6.04 Å². The van der Waals surface area contributed by atoms with Gasteiger partial charge in [0.25, 0.3) is 0 Å². The molecule has 0 saturated carbocycles. The second kappa shape index (κ2) is 7.06. The first-order valence-corrected chi connectivity index (χ1v) is 7.66. The maximum Gasteiger partial charge on any atom is 0.126 e. The predicted molar refractivity (Wildman–Crippen MR) is 87.5 cm³/mol. The highest BCUT2D eigenvalue weighted by molar-refractivity contribution is 6.31. The lowest BCUT2D eigenvalue weighted by Crippen LogP contribution is -2.23. The van der Waals surface area contributed by atoms with Crippen LogP contribution < -0.4 is 5.32 Å². The van der Waals surface area contributed by atoms with Crippen molar-refractivity contribution in [3.8, 4) is 0 Å². The van der Waals surface area contributed by atoms with Crippen molar-refractivity contribution in [2.24, 2.45) is 0 Å². The Morgan fingerprint density at radius 3 is 2.33 bits per heavy atom. The molecule has 2 aromatic rings. The maximum atomic E-state index is 13.9. The first-order valence-electron chi connectivity index (χ1n) is 7.28. The van der Waals surface area contributed by atoms with Gasteiger partial charge in [-0.1, -0.05) is 42.8 Å². The molecule has 112 valence electrons. The Morgan fingerprint density at radius 2 is 1.71 bits per heavy atom. The summed E-state index contributed by atoms with van der Waals surface area (Å²) in [5, 5.41) is 4.24. The van der Waals surface area contributed by atoms with Crippen LogP contribution in [-0.4, -0.2) is 6.54 Å². The van der Waals surface area contributed by atoms with Gasteiger partial charge >= 0.3 is 0 Å². The lowest BCUT2D eigenvalue weighted by Gasteiger charge is -2.21. The molecule has 0 aromatic heterocycles. The molecule has 1 unspecified atom stereocenters. The van der Waals surface area contributed by atoms with Crippen LogP contribution in [0.25, 0.3) is 0 Å². The third kappa shape index (κ3) is 3.84. The Hall–Kier alpha value is -1.38. The van der Waals surface area contributed by atoms with Crippen molar-refractivity contribution in [2.75, 3.05) is 6.54 Å². The van der Waals surface area contributed by atoms with Crippen molar-refractivity contribution in [1.29, 1.82) is 0 Å². The highest BCUT2D eigenvalue weighted by atomic mass is 35.5. The molecule has 0 radical (unpaired) electrons. The van der Waals surface area contributed by atoms with Gasteiger partial charge in [0.1, 0.15) is 5.82 Å². The van der Waals surface area contributed by atoms with Crippen LogP contribution in [0.3, 0.4) is 0 Å². The second-order valence-corrected chi connectivity index (χ2v) is 5.81. The van der Waals surface area contributed by atoms with E-state index in [1.54, 1.807) is 13.0 Å². The van der Waals surface area contributed by atoms with Crippen molar-refractivity contribution < 1.29 is 4.39 Å². The summed E-state index contributed by atoms with van der Waals surface area (Å²) in [5.41, 5.74) is 3.74. The van der Waals surface area contributed by atoms with Crippen LogP contribution in [0.5, 0.6) is 0 Å². The predicted octanol–water partition coefficient (Wildman–Crippen LogP) is 5.18. The highest BCUT2D eigenvalue weighted by Gasteiger charge is 2.15. The van der Waals surface area contributed by atoms with Crippen LogP contribution in [0.1, 0.15) is 41.6 Å². The van der Waals surface area contributed by atoms with E-state index in [4.69, 9.17) is 11.6 Å². The van der Waals surface area contributed by atoms with E-state index < -0.39 is 0 Å². The summed E-state index contributed by atoms with van der Waals surface area (Å²) < 4.78 is 13.9. The van der Waals surface area contributed by atoms with Gasteiger partial charge in [0.2, 0.25) is 0 Å². The lowest BCUT2D eigenvalue weighted by atomic mass is 9.96. The van der Waals surface area contributed by atoms with E-state index >= 15 is 0 Å². The molecule has 1 nitrogen and oxygen atoms in total. The molecule has 21 heavy (non-hydrogen) atoms. The minimum atomic E-state index is -0.165. The monoisotopic (exact) mass is 305 g/mol. The normalized spacial score (nSPS) is 12.4. The van der Waals surface area contributed by atoms with Gasteiger partial charge in [-0.25, -0.2) is 4.39 Å². The van der Waals surface area contributed by atoms with Crippen LogP contribution in [-0.2, 0) is 0 Å². The molecular weight excluding hydrogens is 285 g/mol. The van der Waals surface area contributed by atoms with Gasteiger partial charge in [0, 0.05) is 5.02 Å². The van der Waals surface area contributed by atoms with Gasteiger partial charge in [-0.3, -0.25) is 0 Å². The number of nitrogens with one attached hydrogen (secondary N) is 1. The number of halogens is 2. The summed E-state index contributed by atoms with van der Waals surface area (Å²) in [7, 11) is 0. The summed E-state index contributed by atoms with van der Waals surface area (Å²) in [4.78, 5) is 0. The number of benzene rings is 2. The molecule has 0 fully saturated rings. The van der Waals surface area contributed by atoms with E-state index in [2.05, 4.69) is 18.3 Å². The van der Waals surface area contributed by atoms with Gasteiger partial charge in [0.15, 0.2) is 0 Å². The maximum absolute atomic E-state index is 13.9. The molecule has 0 heterocycles. The number of hydrogen-bond acceptors (Lipinski definition) is 1. The molecule has 0 aliphatic carbocycles. The van der Waals surface area contributed by atoms with E-state index in [9.17, 15) is 4.39 Å². The minimum absolute atomic E-state index is 0.0176. The highest BCUT2D eigenvalue weighted by Crippen LogP contribution is 2.27. The van der Waals surface area contributed by atoms with E-state index in [1.807, 2.05) is 31.2 Å². The standard InChI is InChI=1S/C18H21ClFN/c1-4-9-21-18(14-7-8-16(19)13(3)10-14)15-6-5-12(2)17(20)11-15/h5-8,10-11,18,21H,4,9H2,1-3H3. The molecule has 0 amide bonds. The molecule has 2 rings (SSSR count). The SMILES string of the molecule is CCCNC(c1ccc(Cl)c(C)c1)c1ccc(C)c(F)c1. The average Bonchev–Trinajstić information content (AvgIpc) is 2.46. The topological polar surface area (TPSA) is 12.0 Å². The fourth-order valence-corrected chi connectivity index (χ4v) is 2.47. The number of hydrogen-bond donors (Lipinski definition) is 1. The third-order valence-electron chi connectivity index (χ3n) is 3.64. The lowest BCUT2D eigenvalue weighted by molar-refractivity contribution is 0.582. The zero-order valence-corrected chi connectivity index (χ0v) is 13.5. The molecule has 0 spiro atoms. The minimum Gasteiger partial charge on any atom is -0.306 e. The Morgan fingerprint density at radius 1 is 1.05 bits per heavy atom. The smallest absolute Gasteiger partial charge is 0.126 e. The van der Waals surface area contributed by atoms with E-state index in [0.29, 0.717) is 5.56 Å². The summed E-state index contributed by atoms with van der Waals surface area (Å²) in [6.07, 6.45) is 1.03. The Kier molecular flexibility index (Phi) is 5.38. The quantitative estimate of drug-likeness (QED) is 0.802. The van der Waals surface area contributed by atoms with Crippen molar-refractivity contribution in [3.63, 3.8) is 0 Å². The van der Waals surface area contributed by atoms with Crippen molar-refractivity contribution >= 4 is 11.6 Å². The molecule has 0 saturated heterocycles. The zero-order chi connectivity index (χ0) is 15.4. The fraction of sp³-hybridized carbons (Fsp3) is 0.333. The van der Waals surface area contributed by atoms with Crippen LogP contribution in [0, 0.1) is 19.7 Å². The third-order valence-corrected chi connectivity index (χ3v) is 4.07. The van der Waals surface area contributed by atoms with Gasteiger partial charge in [-0.05, 0) is 61.2 Å². The molecule has 3 heteroatoms. The molecular formula is C18H21ClFN. The van der Waals surface area contributed by atoms with Crippen LogP contribution in [0.2, 0.25) is 5.02 Å². The number of rotatable bonds is 5. The largest absolute Gasteiger partial charge is 0.306 e. The van der Waals surface area contributed by atoms with Crippen molar-refractivity contribution in [1.82, 2.24) is 5.32 Å². The average molecular weight is 306 g/mol. The van der Waals surface area contributed by atoms with Crippen LogP contribution in [0.15, 0.2) is 36.4 Å². The van der Waals surface area contributed by atoms with Crippen molar-refractivity contribution in [2.45, 2.75) is 33.2 Å². The van der Waals surface area contributed by atoms with Gasteiger partial charge < -0.3 is 5.32 Å². The Labute approximate surface area is 131 Å². The molecule has 0 bridgehead atoms. The fourth-order valence-electron chi connectivity index (χ4n) is 2.35. The van der Waals surface area contributed by atoms with Crippen LogP contribution >= 0.6 is 11.6 Å². The van der Waals surface area contributed by atoms with Crippen LogP contribution in [0.4, 0.5) is 4.39 Å². The van der Waals surface area contributed by atoms with Gasteiger partial charge in [-0.2, -0.15) is 0 Å². The Balaban J connectivity index is 2.41.